The maximum atomic E-state index is 12.1. The molecule has 0 unspecified atom stereocenters. The molecular weight excluding hydrogens is 165 g/mol. The number of hydrogen-bond acceptors (Lipinski definition) is 0. The van der Waals surface area contributed by atoms with Crippen molar-refractivity contribution in [3.63, 3.8) is 0 Å². The molecule has 0 bridgehead atoms. The van der Waals surface area contributed by atoms with Crippen molar-refractivity contribution in [2.75, 3.05) is 0 Å². The van der Waals surface area contributed by atoms with E-state index >= 15 is 0 Å². The van der Waals surface area contributed by atoms with Gasteiger partial charge in [-0.05, 0) is 20.3 Å². The molecule has 12 heavy (non-hydrogen) atoms. The van der Waals surface area contributed by atoms with Crippen LogP contribution in [0.4, 0.5) is 13.2 Å². The van der Waals surface area contributed by atoms with Gasteiger partial charge in [0.15, 0.2) is 0 Å². The van der Waals surface area contributed by atoms with Gasteiger partial charge in [0.1, 0.15) is 0 Å². The van der Waals surface area contributed by atoms with Crippen LogP contribution >= 0.6 is 0 Å². The molecule has 0 aromatic carbocycles. The molecule has 0 aliphatic carbocycles. The highest BCUT2D eigenvalue weighted by molar-refractivity contribution is 5.18. The van der Waals surface area contributed by atoms with Crippen LogP contribution in [0, 0.1) is 0 Å². The Labute approximate surface area is 70.8 Å². The summed E-state index contributed by atoms with van der Waals surface area (Å²) in [6, 6.07) is 0. The zero-order valence-corrected chi connectivity index (χ0v) is 7.50. The molecule has 0 atom stereocenters. The van der Waals surface area contributed by atoms with Gasteiger partial charge >= 0.3 is 6.18 Å². The highest BCUT2D eigenvalue weighted by Crippen LogP contribution is 2.27. The third-order valence-electron chi connectivity index (χ3n) is 1.36. The van der Waals surface area contributed by atoms with Crippen molar-refractivity contribution in [2.24, 2.45) is 0 Å². The third-order valence-corrected chi connectivity index (χ3v) is 1.36. The van der Waals surface area contributed by atoms with Gasteiger partial charge in [0.05, 0.1) is 0 Å². The predicted molar refractivity (Wildman–Crippen MR) is 43.9 cm³/mol. The lowest BCUT2D eigenvalue weighted by atomic mass is 10.1. The summed E-state index contributed by atoms with van der Waals surface area (Å²) >= 11 is 0. The molecule has 0 saturated carbocycles. The monoisotopic (exact) mass is 178 g/mol. The molecule has 0 aromatic heterocycles. The zero-order valence-electron chi connectivity index (χ0n) is 7.50. The molecule has 0 aliphatic heterocycles. The van der Waals surface area contributed by atoms with E-state index in [9.17, 15) is 13.2 Å². The number of halogens is 3. The molecule has 70 valence electrons. The van der Waals surface area contributed by atoms with E-state index < -0.39 is 11.7 Å². The van der Waals surface area contributed by atoms with E-state index in [1.807, 2.05) is 0 Å². The van der Waals surface area contributed by atoms with Crippen molar-refractivity contribution in [3.05, 3.63) is 23.3 Å². The Morgan fingerprint density at radius 1 is 1.17 bits per heavy atom. The number of hydrogen-bond donors (Lipinski definition) is 0. The minimum Gasteiger partial charge on any atom is -0.166 e. The summed E-state index contributed by atoms with van der Waals surface area (Å²) < 4.78 is 36.2. The summed E-state index contributed by atoms with van der Waals surface area (Å²) in [5.74, 6) is 0. The average molecular weight is 178 g/mol. The van der Waals surface area contributed by atoms with Crippen molar-refractivity contribution in [1.82, 2.24) is 0 Å². The maximum absolute atomic E-state index is 12.1. The minimum atomic E-state index is -4.18. The maximum Gasteiger partial charge on any atom is 0.412 e. The first-order valence-corrected chi connectivity index (χ1v) is 3.79. The molecule has 0 nitrogen and oxygen atoms in total. The Kier molecular flexibility index (Phi) is 4.07. The van der Waals surface area contributed by atoms with Crippen molar-refractivity contribution < 1.29 is 13.2 Å². The fourth-order valence-corrected chi connectivity index (χ4v) is 0.680. The second kappa shape index (κ2) is 4.33. The van der Waals surface area contributed by atoms with E-state index in [2.05, 4.69) is 0 Å². The molecule has 0 fully saturated rings. The molecule has 0 saturated heterocycles. The highest BCUT2D eigenvalue weighted by Gasteiger charge is 2.31. The van der Waals surface area contributed by atoms with Crippen LogP contribution in [-0.2, 0) is 0 Å². The lowest BCUT2D eigenvalue weighted by Crippen LogP contribution is -2.10. The number of alkyl halides is 3. The number of rotatable bonds is 2. The van der Waals surface area contributed by atoms with Crippen LogP contribution in [0.3, 0.4) is 0 Å². The van der Waals surface area contributed by atoms with E-state index in [1.54, 1.807) is 13.8 Å². The Balaban J connectivity index is 4.57. The number of allylic oxidation sites excluding steroid dienone is 4. The van der Waals surface area contributed by atoms with Crippen LogP contribution in [0.5, 0.6) is 0 Å². The first-order chi connectivity index (χ1) is 5.38. The molecule has 0 aliphatic rings. The SMILES string of the molecule is CC/C(=C\C=C(C)C)C(F)(F)F. The molecule has 0 radical (unpaired) electrons. The van der Waals surface area contributed by atoms with Gasteiger partial charge in [-0.2, -0.15) is 13.2 Å². The Hall–Kier alpha value is -0.730. The standard InChI is InChI=1S/C9H13F3/c1-4-8(9(10,11)12)6-5-7(2)3/h5-6H,4H2,1-3H3/b8-6+. The lowest BCUT2D eigenvalue weighted by Gasteiger charge is -2.07. The summed E-state index contributed by atoms with van der Waals surface area (Å²) in [4.78, 5) is 0. The summed E-state index contributed by atoms with van der Waals surface area (Å²) in [6.45, 7) is 5.03. The van der Waals surface area contributed by atoms with E-state index in [-0.39, 0.29) is 6.42 Å². The van der Waals surface area contributed by atoms with Gasteiger partial charge in [-0.25, -0.2) is 0 Å². The van der Waals surface area contributed by atoms with E-state index in [4.69, 9.17) is 0 Å². The predicted octanol–water partition coefficient (Wildman–Crippen LogP) is 3.85. The van der Waals surface area contributed by atoms with Gasteiger partial charge in [-0.1, -0.05) is 24.6 Å². The second-order valence-electron chi connectivity index (χ2n) is 2.79. The van der Waals surface area contributed by atoms with Crippen LogP contribution in [0.1, 0.15) is 27.2 Å². The molecule has 0 spiro atoms. The Morgan fingerprint density at radius 3 is 1.92 bits per heavy atom. The Morgan fingerprint density at radius 2 is 1.67 bits per heavy atom. The van der Waals surface area contributed by atoms with Gasteiger partial charge in [0.25, 0.3) is 0 Å². The summed E-state index contributed by atoms with van der Waals surface area (Å²) in [5, 5.41) is 0. The van der Waals surface area contributed by atoms with Crippen LogP contribution < -0.4 is 0 Å². The van der Waals surface area contributed by atoms with Crippen LogP contribution in [0.2, 0.25) is 0 Å². The lowest BCUT2D eigenvalue weighted by molar-refractivity contribution is -0.0935. The smallest absolute Gasteiger partial charge is 0.166 e. The molecule has 0 aromatic rings. The summed E-state index contributed by atoms with van der Waals surface area (Å²) in [7, 11) is 0. The van der Waals surface area contributed by atoms with Crippen LogP contribution in [-0.4, -0.2) is 6.18 Å². The fraction of sp³-hybridized carbons (Fsp3) is 0.556. The summed E-state index contributed by atoms with van der Waals surface area (Å²) in [6.07, 6.45) is -1.55. The van der Waals surface area contributed by atoms with Gasteiger partial charge in [0.2, 0.25) is 0 Å². The van der Waals surface area contributed by atoms with Crippen molar-refractivity contribution in [1.29, 1.82) is 0 Å². The van der Waals surface area contributed by atoms with E-state index in [1.165, 1.54) is 13.0 Å². The molecule has 3 heteroatoms. The average Bonchev–Trinajstić information content (AvgIpc) is 1.85. The quantitative estimate of drug-likeness (QED) is 0.563. The molecule has 0 rings (SSSR count). The van der Waals surface area contributed by atoms with Gasteiger partial charge < -0.3 is 0 Å². The molecule has 0 N–H and O–H groups in total. The molecular formula is C9H13F3. The summed E-state index contributed by atoms with van der Waals surface area (Å²) in [5.41, 5.74) is 0.383. The Bertz CT molecular complexity index is 192. The largest absolute Gasteiger partial charge is 0.412 e. The van der Waals surface area contributed by atoms with Crippen LogP contribution in [0.25, 0.3) is 0 Å². The minimum absolute atomic E-state index is 0.0211. The van der Waals surface area contributed by atoms with Gasteiger partial charge in [-0.3, -0.25) is 0 Å². The van der Waals surface area contributed by atoms with Gasteiger partial charge in [0, 0.05) is 5.57 Å². The van der Waals surface area contributed by atoms with Crippen LogP contribution in [0.15, 0.2) is 23.3 Å². The molecule has 0 amide bonds. The van der Waals surface area contributed by atoms with Crippen molar-refractivity contribution in [3.8, 4) is 0 Å². The highest BCUT2D eigenvalue weighted by atomic mass is 19.4. The van der Waals surface area contributed by atoms with Gasteiger partial charge in [-0.15, -0.1) is 0 Å². The first-order valence-electron chi connectivity index (χ1n) is 3.79. The zero-order chi connectivity index (χ0) is 9.78. The molecule has 0 heterocycles. The third kappa shape index (κ3) is 4.21. The van der Waals surface area contributed by atoms with E-state index in [0.29, 0.717) is 0 Å². The normalized spacial score (nSPS) is 13.0. The first kappa shape index (κ1) is 11.3. The topological polar surface area (TPSA) is 0 Å². The second-order valence-corrected chi connectivity index (χ2v) is 2.79. The fourth-order valence-electron chi connectivity index (χ4n) is 0.680. The van der Waals surface area contributed by atoms with E-state index in [0.717, 1.165) is 11.6 Å². The van der Waals surface area contributed by atoms with Crippen molar-refractivity contribution in [2.45, 2.75) is 33.4 Å². The van der Waals surface area contributed by atoms with Crippen molar-refractivity contribution >= 4 is 0 Å².